The van der Waals surface area contributed by atoms with Crippen molar-refractivity contribution >= 4 is 25.7 Å². The molecule has 202 valence electrons. The minimum absolute atomic E-state index is 0.0455. The number of ether oxygens (including phenoxy) is 2. The maximum Gasteiger partial charge on any atom is 0.469 e. The summed E-state index contributed by atoms with van der Waals surface area (Å²) in [5, 5.41) is 38.3. The standard InChI is InChI=1S/C22H31O13P/c1-22(29,9-8-16-12-17(13-20(27)33-16)34-21(28)14-19(25)26)18(35-36(30,31)32)11-15(24)7-5-3-2-4-6-10-23/h2-9,15-18,23-24,29H,10-14H2,1H3,(H,25,26)(H2,30,31,32)/b3-2-,6-4+,7-5-,9-8+/t15-,16-,17?,18+,22+/m0/s1. The van der Waals surface area contributed by atoms with Gasteiger partial charge >= 0.3 is 25.7 Å². The number of rotatable bonds is 14. The molecule has 0 aromatic rings. The van der Waals surface area contributed by atoms with E-state index in [1.54, 1.807) is 12.2 Å². The molecule has 1 fully saturated rings. The number of phosphoric acid groups is 1. The van der Waals surface area contributed by atoms with Crippen LogP contribution in [-0.2, 0) is 32.9 Å². The van der Waals surface area contributed by atoms with E-state index in [0.717, 1.165) is 13.0 Å². The molecule has 0 amide bonds. The number of allylic oxidation sites excluding steroid dienone is 4. The number of hydrogen-bond acceptors (Lipinski definition) is 10. The monoisotopic (exact) mass is 534 g/mol. The second-order valence-corrected chi connectivity index (χ2v) is 9.20. The van der Waals surface area contributed by atoms with Crippen molar-refractivity contribution in [3.8, 4) is 0 Å². The summed E-state index contributed by atoms with van der Waals surface area (Å²) < 4.78 is 26.2. The van der Waals surface area contributed by atoms with Crippen molar-refractivity contribution in [3.05, 3.63) is 48.6 Å². The summed E-state index contributed by atoms with van der Waals surface area (Å²) in [5.41, 5.74) is -2.06. The molecule has 1 heterocycles. The van der Waals surface area contributed by atoms with Gasteiger partial charge in [0.05, 0.1) is 19.1 Å². The number of esters is 2. The lowest BCUT2D eigenvalue weighted by Crippen LogP contribution is -2.41. The summed E-state index contributed by atoms with van der Waals surface area (Å²) in [5.74, 6) is -3.17. The Morgan fingerprint density at radius 3 is 2.53 bits per heavy atom. The number of carbonyl (C=O) groups excluding carboxylic acids is 2. The van der Waals surface area contributed by atoms with Crippen molar-refractivity contribution in [3.63, 3.8) is 0 Å². The SMILES string of the molecule is C[C@@](O)(/C=C/[C@H]1CC(OC(=O)CC(=O)O)CC(=O)O1)[C@@H](C[C@@H](O)\C=C/C=C\C=C\CO)OP(=O)(O)O. The summed E-state index contributed by atoms with van der Waals surface area (Å²) in [4.78, 5) is 52.5. The number of hydrogen-bond donors (Lipinski definition) is 6. The number of carboxylic acid groups (broad SMARTS) is 1. The first kappa shape index (κ1) is 31.4. The van der Waals surface area contributed by atoms with Crippen LogP contribution in [-0.4, -0.2) is 84.7 Å². The normalized spacial score (nSPS) is 22.7. The van der Waals surface area contributed by atoms with Gasteiger partial charge in [-0.05, 0) is 13.0 Å². The molecule has 1 unspecified atom stereocenters. The zero-order valence-corrected chi connectivity index (χ0v) is 20.3. The zero-order valence-electron chi connectivity index (χ0n) is 19.5. The van der Waals surface area contributed by atoms with E-state index in [2.05, 4.69) is 4.52 Å². The highest BCUT2D eigenvalue weighted by Gasteiger charge is 2.38. The quantitative estimate of drug-likeness (QED) is 0.0581. The van der Waals surface area contributed by atoms with Gasteiger partial charge < -0.3 is 39.7 Å². The molecule has 0 aromatic carbocycles. The molecule has 6 N–H and O–H groups in total. The second kappa shape index (κ2) is 14.8. The summed E-state index contributed by atoms with van der Waals surface area (Å²) in [6.45, 7) is 1.02. The van der Waals surface area contributed by atoms with E-state index in [4.69, 9.17) is 19.7 Å². The molecule has 14 heteroatoms. The summed E-state index contributed by atoms with van der Waals surface area (Å²) >= 11 is 0. The molecule has 36 heavy (non-hydrogen) atoms. The summed E-state index contributed by atoms with van der Waals surface area (Å²) in [6, 6.07) is 0. The molecule has 1 aliphatic rings. The van der Waals surface area contributed by atoms with Gasteiger partial charge in [-0.25, -0.2) is 4.57 Å². The minimum Gasteiger partial charge on any atom is -0.481 e. The Morgan fingerprint density at radius 1 is 1.25 bits per heavy atom. The Labute approximate surface area is 207 Å². The first-order chi connectivity index (χ1) is 16.7. The van der Waals surface area contributed by atoms with Crippen LogP contribution in [0.5, 0.6) is 0 Å². The minimum atomic E-state index is -5.09. The molecule has 5 atom stereocenters. The van der Waals surface area contributed by atoms with E-state index in [1.807, 2.05) is 0 Å². The number of carboxylic acids is 1. The highest BCUT2D eigenvalue weighted by molar-refractivity contribution is 7.46. The van der Waals surface area contributed by atoms with Gasteiger partial charge in [-0.1, -0.05) is 42.5 Å². The molecule has 1 rings (SSSR count). The van der Waals surface area contributed by atoms with Crippen molar-refractivity contribution in [1.82, 2.24) is 0 Å². The van der Waals surface area contributed by atoms with Crippen LogP contribution in [0.2, 0.25) is 0 Å². The van der Waals surface area contributed by atoms with Crippen molar-refractivity contribution in [1.29, 1.82) is 0 Å². The third kappa shape index (κ3) is 13.4. The van der Waals surface area contributed by atoms with Gasteiger partial charge in [0.2, 0.25) is 0 Å². The predicted octanol–water partition coefficient (Wildman–Crippen LogP) is 0.275. The van der Waals surface area contributed by atoms with E-state index >= 15 is 0 Å². The van der Waals surface area contributed by atoms with Gasteiger partial charge in [-0.2, -0.15) is 0 Å². The van der Waals surface area contributed by atoms with Crippen LogP contribution in [0.25, 0.3) is 0 Å². The lowest BCUT2D eigenvalue weighted by atomic mass is 9.92. The van der Waals surface area contributed by atoms with Crippen molar-refractivity contribution in [2.24, 2.45) is 0 Å². The lowest BCUT2D eigenvalue weighted by Gasteiger charge is -2.32. The third-order valence-corrected chi connectivity index (χ3v) is 5.22. The molecule has 0 saturated carbocycles. The van der Waals surface area contributed by atoms with E-state index in [1.165, 1.54) is 30.4 Å². The molecule has 0 radical (unpaired) electrons. The smallest absolute Gasteiger partial charge is 0.469 e. The number of aliphatic hydroxyl groups excluding tert-OH is 2. The second-order valence-electron chi connectivity index (χ2n) is 8.00. The van der Waals surface area contributed by atoms with Crippen LogP contribution in [0, 0.1) is 0 Å². The van der Waals surface area contributed by atoms with Crippen LogP contribution in [0.4, 0.5) is 0 Å². The average Bonchev–Trinajstić information content (AvgIpc) is 2.72. The van der Waals surface area contributed by atoms with E-state index in [9.17, 15) is 38.9 Å². The molecular formula is C22H31O13P. The van der Waals surface area contributed by atoms with E-state index in [0.29, 0.717) is 0 Å². The number of cyclic esters (lactones) is 1. The van der Waals surface area contributed by atoms with Crippen LogP contribution in [0.15, 0.2) is 48.6 Å². The Bertz CT molecular complexity index is 915. The molecule has 0 aliphatic carbocycles. The summed E-state index contributed by atoms with van der Waals surface area (Å²) in [6.07, 6.45) is 4.65. The first-order valence-corrected chi connectivity index (χ1v) is 12.3. The van der Waals surface area contributed by atoms with Crippen LogP contribution in [0.3, 0.4) is 0 Å². The average molecular weight is 534 g/mol. The van der Waals surface area contributed by atoms with Crippen molar-refractivity contribution < 1.29 is 63.2 Å². The van der Waals surface area contributed by atoms with Gasteiger partial charge in [-0.15, -0.1) is 0 Å². The molecule has 0 bridgehead atoms. The van der Waals surface area contributed by atoms with Crippen molar-refractivity contribution in [2.45, 2.75) is 62.6 Å². The highest BCUT2D eigenvalue weighted by Crippen LogP contribution is 2.41. The summed E-state index contributed by atoms with van der Waals surface area (Å²) in [7, 11) is -5.09. The maximum atomic E-state index is 11.8. The van der Waals surface area contributed by atoms with Gasteiger partial charge in [0.25, 0.3) is 0 Å². The highest BCUT2D eigenvalue weighted by atomic mass is 31.2. The molecule has 13 nitrogen and oxygen atoms in total. The number of carbonyl (C=O) groups is 3. The van der Waals surface area contributed by atoms with Gasteiger partial charge in [0.15, 0.2) is 0 Å². The maximum absolute atomic E-state index is 11.8. The molecule has 1 saturated heterocycles. The fraction of sp³-hybridized carbons (Fsp3) is 0.500. The third-order valence-electron chi connectivity index (χ3n) is 4.69. The number of phosphoric ester groups is 1. The number of aliphatic hydroxyl groups is 3. The first-order valence-electron chi connectivity index (χ1n) is 10.8. The topological polar surface area (TPSA) is 217 Å². The van der Waals surface area contributed by atoms with Gasteiger partial charge in [-0.3, -0.25) is 18.9 Å². The fourth-order valence-electron chi connectivity index (χ4n) is 3.07. The largest absolute Gasteiger partial charge is 0.481 e. The Hall–Kier alpha value is -2.64. The molecule has 1 aliphatic heterocycles. The number of aliphatic carboxylic acids is 1. The van der Waals surface area contributed by atoms with Crippen molar-refractivity contribution in [2.75, 3.05) is 6.61 Å². The Balaban J connectivity index is 2.91. The van der Waals surface area contributed by atoms with Crippen LogP contribution in [0.1, 0.15) is 32.6 Å². The van der Waals surface area contributed by atoms with Gasteiger partial charge in [0.1, 0.15) is 30.3 Å². The Kier molecular flexibility index (Phi) is 12.9. The van der Waals surface area contributed by atoms with E-state index < -0.39 is 68.6 Å². The zero-order chi connectivity index (χ0) is 27.4. The predicted molar refractivity (Wildman–Crippen MR) is 123 cm³/mol. The van der Waals surface area contributed by atoms with Crippen LogP contribution >= 0.6 is 7.82 Å². The lowest BCUT2D eigenvalue weighted by molar-refractivity contribution is -0.167. The van der Waals surface area contributed by atoms with E-state index in [-0.39, 0.29) is 19.4 Å². The molecule has 0 aromatic heterocycles. The fourth-order valence-corrected chi connectivity index (χ4v) is 3.70. The van der Waals surface area contributed by atoms with Crippen LogP contribution < -0.4 is 0 Å². The molecule has 0 spiro atoms. The Morgan fingerprint density at radius 2 is 1.92 bits per heavy atom. The van der Waals surface area contributed by atoms with Gasteiger partial charge in [0, 0.05) is 12.8 Å². The molecular weight excluding hydrogens is 503 g/mol.